The Bertz CT molecular complexity index is 613. The van der Waals surface area contributed by atoms with E-state index in [1.54, 1.807) is 6.92 Å². The molecule has 7 heteroatoms. The Labute approximate surface area is 130 Å². The van der Waals surface area contributed by atoms with Crippen molar-refractivity contribution >= 4 is 25.6 Å². The van der Waals surface area contributed by atoms with Crippen molar-refractivity contribution in [2.45, 2.75) is 38.6 Å². The third-order valence-electron chi connectivity index (χ3n) is 3.13. The summed E-state index contributed by atoms with van der Waals surface area (Å²) in [6.07, 6.45) is 0. The minimum absolute atomic E-state index is 0.0277. The lowest BCUT2D eigenvalue weighted by atomic mass is 10.1. The number of rotatable bonds is 6. The summed E-state index contributed by atoms with van der Waals surface area (Å²) in [6.45, 7) is 7.89. The first kappa shape index (κ1) is 17.8. The Hall–Kier alpha value is -1.27. The van der Waals surface area contributed by atoms with Crippen molar-refractivity contribution in [3.8, 4) is 5.75 Å². The lowest BCUT2D eigenvalue weighted by Crippen LogP contribution is -2.36. The zero-order valence-electron chi connectivity index (χ0n) is 12.5. The summed E-state index contributed by atoms with van der Waals surface area (Å²) in [5.41, 5.74) is 0.227. The highest BCUT2D eigenvalue weighted by molar-refractivity contribution is 8.13. The molecule has 0 fully saturated rings. The van der Waals surface area contributed by atoms with Gasteiger partial charge in [0.1, 0.15) is 10.6 Å². The molecule has 0 aliphatic carbocycles. The van der Waals surface area contributed by atoms with Gasteiger partial charge in [0.25, 0.3) is 15.0 Å². The normalized spacial score (nSPS) is 13.0. The molecule has 1 N–H and O–H groups in total. The van der Waals surface area contributed by atoms with Crippen molar-refractivity contribution < 1.29 is 17.9 Å². The van der Waals surface area contributed by atoms with Crippen molar-refractivity contribution in [1.29, 1.82) is 0 Å². The molecule has 1 unspecified atom stereocenters. The average Bonchev–Trinajstić information content (AvgIpc) is 2.37. The van der Waals surface area contributed by atoms with Gasteiger partial charge < -0.3 is 10.1 Å². The van der Waals surface area contributed by atoms with Crippen LogP contribution in [0.4, 0.5) is 0 Å². The largest absolute Gasteiger partial charge is 0.492 e. The summed E-state index contributed by atoms with van der Waals surface area (Å²) in [7, 11) is 1.40. The monoisotopic (exact) mass is 333 g/mol. The third kappa shape index (κ3) is 4.89. The van der Waals surface area contributed by atoms with Gasteiger partial charge in [-0.2, -0.15) is 0 Å². The van der Waals surface area contributed by atoms with E-state index in [4.69, 9.17) is 15.4 Å². The molecule has 0 heterocycles. The molecule has 1 atom stereocenters. The average molecular weight is 334 g/mol. The van der Waals surface area contributed by atoms with Gasteiger partial charge in [-0.1, -0.05) is 13.8 Å². The van der Waals surface area contributed by atoms with Crippen molar-refractivity contribution in [3.63, 3.8) is 0 Å². The van der Waals surface area contributed by atoms with E-state index in [2.05, 4.69) is 5.32 Å². The maximum Gasteiger partial charge on any atom is 0.265 e. The molecule has 1 aromatic rings. The Kier molecular flexibility index (Phi) is 6.04. The van der Waals surface area contributed by atoms with Crippen LogP contribution in [-0.2, 0) is 9.05 Å². The van der Waals surface area contributed by atoms with Crippen LogP contribution >= 0.6 is 10.7 Å². The van der Waals surface area contributed by atoms with Gasteiger partial charge in [0, 0.05) is 22.3 Å². The number of carbonyl (C=O) groups is 1. The zero-order valence-corrected chi connectivity index (χ0v) is 14.1. The maximum absolute atomic E-state index is 12.1. The Morgan fingerprint density at radius 2 is 1.95 bits per heavy atom. The molecule has 0 saturated heterocycles. The molecule has 0 spiro atoms. The molecule has 0 bridgehead atoms. The van der Waals surface area contributed by atoms with Crippen molar-refractivity contribution in [2.24, 2.45) is 5.92 Å². The molecule has 0 aromatic heterocycles. The smallest absolute Gasteiger partial charge is 0.265 e. The summed E-state index contributed by atoms with van der Waals surface area (Å²) in [4.78, 5) is 11.9. The number of hydrogen-bond donors (Lipinski definition) is 1. The van der Waals surface area contributed by atoms with E-state index < -0.39 is 9.05 Å². The van der Waals surface area contributed by atoms with E-state index in [0.29, 0.717) is 6.61 Å². The molecular weight excluding hydrogens is 314 g/mol. The van der Waals surface area contributed by atoms with E-state index in [9.17, 15) is 13.2 Å². The van der Waals surface area contributed by atoms with Crippen LogP contribution in [-0.4, -0.2) is 27.0 Å². The minimum Gasteiger partial charge on any atom is -0.492 e. The van der Waals surface area contributed by atoms with Gasteiger partial charge in [-0.05, 0) is 38.0 Å². The van der Waals surface area contributed by atoms with Crippen LogP contribution < -0.4 is 10.1 Å². The zero-order chi connectivity index (χ0) is 16.2. The summed E-state index contributed by atoms with van der Waals surface area (Å²) in [5, 5.41) is 2.81. The molecule has 21 heavy (non-hydrogen) atoms. The SMILES string of the molecule is CCOc1ccc(C(=O)NC(C)C(C)C)cc1S(=O)(=O)Cl. The molecule has 1 rings (SSSR count). The minimum atomic E-state index is -3.99. The van der Waals surface area contributed by atoms with Crippen LogP contribution in [0.1, 0.15) is 38.1 Å². The van der Waals surface area contributed by atoms with Crippen LogP contribution in [0.5, 0.6) is 5.75 Å². The molecule has 118 valence electrons. The van der Waals surface area contributed by atoms with Gasteiger partial charge in [0.15, 0.2) is 0 Å². The lowest BCUT2D eigenvalue weighted by Gasteiger charge is -2.18. The first-order chi connectivity index (χ1) is 9.66. The predicted molar refractivity (Wildman–Crippen MR) is 82.4 cm³/mol. The summed E-state index contributed by atoms with van der Waals surface area (Å²) >= 11 is 0. The second-order valence-corrected chi connectivity index (χ2v) is 7.57. The highest BCUT2D eigenvalue weighted by Gasteiger charge is 2.20. The predicted octanol–water partition coefficient (Wildman–Crippen LogP) is 2.79. The van der Waals surface area contributed by atoms with Crippen LogP contribution in [0.15, 0.2) is 23.1 Å². The van der Waals surface area contributed by atoms with Crippen LogP contribution in [0.2, 0.25) is 0 Å². The van der Waals surface area contributed by atoms with E-state index in [1.807, 2.05) is 20.8 Å². The van der Waals surface area contributed by atoms with E-state index >= 15 is 0 Å². The molecule has 1 aromatic carbocycles. The van der Waals surface area contributed by atoms with Gasteiger partial charge >= 0.3 is 0 Å². The highest BCUT2D eigenvalue weighted by atomic mass is 35.7. The topological polar surface area (TPSA) is 72.5 Å². The van der Waals surface area contributed by atoms with E-state index in [-0.39, 0.29) is 34.1 Å². The maximum atomic E-state index is 12.1. The Balaban J connectivity index is 3.14. The molecular formula is C14H20ClNO4S. The Morgan fingerprint density at radius 3 is 2.43 bits per heavy atom. The van der Waals surface area contributed by atoms with Gasteiger partial charge in [0.2, 0.25) is 0 Å². The van der Waals surface area contributed by atoms with Crippen LogP contribution in [0.3, 0.4) is 0 Å². The molecule has 0 aliphatic rings. The number of carbonyl (C=O) groups excluding carboxylic acids is 1. The summed E-state index contributed by atoms with van der Waals surface area (Å²) in [6, 6.07) is 4.16. The standard InChI is InChI=1S/C14H20ClNO4S/c1-5-20-12-7-6-11(8-13(12)21(15,18)19)14(17)16-10(4)9(2)3/h6-10H,5H2,1-4H3,(H,16,17). The molecule has 0 aliphatic heterocycles. The Morgan fingerprint density at radius 1 is 1.33 bits per heavy atom. The fraction of sp³-hybridized carbons (Fsp3) is 0.500. The number of benzene rings is 1. The first-order valence-electron chi connectivity index (χ1n) is 6.69. The summed E-state index contributed by atoms with van der Waals surface area (Å²) < 4.78 is 28.4. The summed E-state index contributed by atoms with van der Waals surface area (Å²) in [5.74, 6) is 0.0645. The second-order valence-electron chi connectivity index (χ2n) is 5.04. The van der Waals surface area contributed by atoms with Crippen molar-refractivity contribution in [1.82, 2.24) is 5.32 Å². The van der Waals surface area contributed by atoms with Crippen LogP contribution in [0.25, 0.3) is 0 Å². The fourth-order valence-electron chi connectivity index (χ4n) is 1.57. The number of nitrogens with one attached hydrogen (secondary N) is 1. The fourth-order valence-corrected chi connectivity index (χ4v) is 2.57. The number of ether oxygens (including phenoxy) is 1. The highest BCUT2D eigenvalue weighted by Crippen LogP contribution is 2.28. The number of amides is 1. The second kappa shape index (κ2) is 7.13. The molecule has 1 amide bonds. The lowest BCUT2D eigenvalue weighted by molar-refractivity contribution is 0.0930. The van der Waals surface area contributed by atoms with Crippen molar-refractivity contribution in [3.05, 3.63) is 23.8 Å². The quantitative estimate of drug-likeness (QED) is 0.812. The van der Waals surface area contributed by atoms with Gasteiger partial charge in [-0.15, -0.1) is 0 Å². The number of hydrogen-bond acceptors (Lipinski definition) is 4. The van der Waals surface area contributed by atoms with E-state index in [0.717, 1.165) is 0 Å². The van der Waals surface area contributed by atoms with Gasteiger partial charge in [-0.25, -0.2) is 8.42 Å². The molecule has 5 nitrogen and oxygen atoms in total. The van der Waals surface area contributed by atoms with Gasteiger partial charge in [0.05, 0.1) is 6.61 Å². The molecule has 0 saturated carbocycles. The first-order valence-corrected chi connectivity index (χ1v) is 9.00. The van der Waals surface area contributed by atoms with E-state index in [1.165, 1.54) is 18.2 Å². The number of halogens is 1. The van der Waals surface area contributed by atoms with Crippen molar-refractivity contribution in [2.75, 3.05) is 6.61 Å². The van der Waals surface area contributed by atoms with Crippen LogP contribution in [0, 0.1) is 5.92 Å². The third-order valence-corrected chi connectivity index (χ3v) is 4.47. The molecule has 0 radical (unpaired) electrons. The van der Waals surface area contributed by atoms with Gasteiger partial charge in [-0.3, -0.25) is 4.79 Å².